The van der Waals surface area contributed by atoms with Gasteiger partial charge in [-0.25, -0.2) is 0 Å². The van der Waals surface area contributed by atoms with Crippen molar-refractivity contribution in [3.8, 4) is 0 Å². The lowest BCUT2D eigenvalue weighted by Crippen LogP contribution is -2.05. The second-order valence-electron chi connectivity index (χ2n) is 4.91. The van der Waals surface area contributed by atoms with Gasteiger partial charge in [0.2, 0.25) is 0 Å². The highest BCUT2D eigenvalue weighted by atomic mass is 16.6. The van der Waals surface area contributed by atoms with Crippen LogP contribution in [0.5, 0.6) is 0 Å². The summed E-state index contributed by atoms with van der Waals surface area (Å²) in [5.74, 6) is 0. The van der Waals surface area contributed by atoms with E-state index >= 15 is 0 Å². The van der Waals surface area contributed by atoms with Gasteiger partial charge < -0.3 is 10.4 Å². The van der Waals surface area contributed by atoms with Crippen molar-refractivity contribution in [1.29, 1.82) is 0 Å². The zero-order valence-corrected chi connectivity index (χ0v) is 11.9. The number of hydrogen-bond acceptors (Lipinski definition) is 4. The summed E-state index contributed by atoms with van der Waals surface area (Å²) in [5.41, 5.74) is 3.75. The molecule has 0 bridgehead atoms. The maximum atomic E-state index is 10.8. The molecule has 0 radical (unpaired) electrons. The van der Waals surface area contributed by atoms with E-state index in [1.54, 1.807) is 19.1 Å². The zero-order valence-electron chi connectivity index (χ0n) is 11.9. The van der Waals surface area contributed by atoms with Crippen molar-refractivity contribution in [2.45, 2.75) is 20.0 Å². The molecule has 2 aromatic carbocycles. The van der Waals surface area contributed by atoms with E-state index < -0.39 is 0 Å². The summed E-state index contributed by atoms with van der Waals surface area (Å²) in [7, 11) is 0. The van der Waals surface area contributed by atoms with Crippen molar-refractivity contribution in [3.63, 3.8) is 0 Å². The Hall–Kier alpha value is -2.40. The molecule has 0 fully saturated rings. The molecule has 0 aromatic heterocycles. The minimum Gasteiger partial charge on any atom is -0.392 e. The van der Waals surface area contributed by atoms with Crippen LogP contribution in [-0.2, 0) is 13.0 Å². The van der Waals surface area contributed by atoms with Crippen LogP contribution in [0.1, 0.15) is 16.7 Å². The number of nitro benzene ring substituents is 1. The average Bonchev–Trinajstić information content (AvgIpc) is 2.47. The summed E-state index contributed by atoms with van der Waals surface area (Å²) in [6.45, 7) is 2.53. The first-order valence-electron chi connectivity index (χ1n) is 6.78. The van der Waals surface area contributed by atoms with Gasteiger partial charge in [0.05, 0.1) is 11.5 Å². The Morgan fingerprint density at radius 2 is 1.81 bits per heavy atom. The lowest BCUT2D eigenvalue weighted by atomic mass is 10.1. The molecule has 0 saturated carbocycles. The van der Waals surface area contributed by atoms with E-state index in [1.165, 1.54) is 11.6 Å². The van der Waals surface area contributed by atoms with E-state index in [-0.39, 0.29) is 17.2 Å². The molecule has 0 amide bonds. The van der Waals surface area contributed by atoms with Crippen molar-refractivity contribution in [1.82, 2.24) is 0 Å². The molecule has 5 nitrogen and oxygen atoms in total. The maximum absolute atomic E-state index is 10.8. The van der Waals surface area contributed by atoms with Crippen LogP contribution in [0.15, 0.2) is 42.5 Å². The standard InChI is InChI=1S/C16H18N2O3/c1-12-10-15(6-7-16(12)18(20)21)17-9-8-13-2-4-14(11-19)5-3-13/h2-7,10,17,19H,8-9,11H2,1H3. The summed E-state index contributed by atoms with van der Waals surface area (Å²) in [4.78, 5) is 10.4. The van der Waals surface area contributed by atoms with Crippen molar-refractivity contribution in [2.75, 3.05) is 11.9 Å². The van der Waals surface area contributed by atoms with Crippen molar-refractivity contribution >= 4 is 11.4 Å². The van der Waals surface area contributed by atoms with Crippen LogP contribution in [0, 0.1) is 17.0 Å². The summed E-state index contributed by atoms with van der Waals surface area (Å²) < 4.78 is 0. The van der Waals surface area contributed by atoms with E-state index in [4.69, 9.17) is 5.11 Å². The largest absolute Gasteiger partial charge is 0.392 e. The van der Waals surface area contributed by atoms with Gasteiger partial charge in [-0.15, -0.1) is 0 Å². The molecule has 21 heavy (non-hydrogen) atoms. The normalized spacial score (nSPS) is 10.4. The minimum atomic E-state index is -0.373. The Kier molecular flexibility index (Phi) is 4.90. The van der Waals surface area contributed by atoms with Crippen molar-refractivity contribution < 1.29 is 10.0 Å². The topological polar surface area (TPSA) is 75.4 Å². The van der Waals surface area contributed by atoms with E-state index in [1.807, 2.05) is 24.3 Å². The highest BCUT2D eigenvalue weighted by Crippen LogP contribution is 2.21. The predicted molar refractivity (Wildman–Crippen MR) is 82.4 cm³/mol. The van der Waals surface area contributed by atoms with E-state index in [2.05, 4.69) is 5.32 Å². The fraction of sp³-hybridized carbons (Fsp3) is 0.250. The van der Waals surface area contributed by atoms with E-state index in [0.29, 0.717) is 5.56 Å². The molecule has 0 aliphatic heterocycles. The molecule has 2 aromatic rings. The molecular weight excluding hydrogens is 268 g/mol. The Balaban J connectivity index is 1.91. The molecule has 2 N–H and O–H groups in total. The number of rotatable bonds is 6. The van der Waals surface area contributed by atoms with Gasteiger partial charge in [-0.2, -0.15) is 0 Å². The molecule has 0 heterocycles. The van der Waals surface area contributed by atoms with Crippen LogP contribution >= 0.6 is 0 Å². The number of nitrogens with one attached hydrogen (secondary N) is 1. The first-order chi connectivity index (χ1) is 10.1. The van der Waals surface area contributed by atoms with Crippen LogP contribution in [0.3, 0.4) is 0 Å². The summed E-state index contributed by atoms with van der Waals surface area (Å²) in [6.07, 6.45) is 0.849. The Morgan fingerprint density at radius 1 is 1.14 bits per heavy atom. The Labute approximate surface area is 123 Å². The molecule has 2 rings (SSSR count). The Morgan fingerprint density at radius 3 is 2.38 bits per heavy atom. The molecule has 0 aliphatic rings. The van der Waals surface area contributed by atoms with Gasteiger partial charge in [0.25, 0.3) is 5.69 Å². The van der Waals surface area contributed by atoms with Gasteiger partial charge in [0, 0.05) is 23.9 Å². The number of hydrogen-bond donors (Lipinski definition) is 2. The van der Waals surface area contributed by atoms with Crippen LogP contribution in [-0.4, -0.2) is 16.6 Å². The first-order valence-corrected chi connectivity index (χ1v) is 6.78. The van der Waals surface area contributed by atoms with Gasteiger partial charge in [0.1, 0.15) is 0 Å². The average molecular weight is 286 g/mol. The summed E-state index contributed by atoms with van der Waals surface area (Å²) in [6, 6.07) is 12.8. The van der Waals surface area contributed by atoms with Crippen LogP contribution in [0.2, 0.25) is 0 Å². The first kappa shape index (κ1) is 15.0. The molecule has 0 saturated heterocycles. The Bertz CT molecular complexity index is 624. The second kappa shape index (κ2) is 6.85. The summed E-state index contributed by atoms with van der Waals surface area (Å²) in [5, 5.41) is 23.0. The number of aliphatic hydroxyl groups is 1. The van der Waals surface area contributed by atoms with E-state index in [9.17, 15) is 10.1 Å². The van der Waals surface area contributed by atoms with E-state index in [0.717, 1.165) is 24.2 Å². The molecule has 110 valence electrons. The number of anilines is 1. The molecule has 0 spiro atoms. The van der Waals surface area contributed by atoms with Crippen molar-refractivity contribution in [3.05, 3.63) is 69.3 Å². The zero-order chi connectivity index (χ0) is 15.2. The van der Waals surface area contributed by atoms with Gasteiger partial charge >= 0.3 is 0 Å². The highest BCUT2D eigenvalue weighted by Gasteiger charge is 2.09. The van der Waals surface area contributed by atoms with Gasteiger partial charge in [0.15, 0.2) is 0 Å². The third-order valence-corrected chi connectivity index (χ3v) is 3.34. The molecule has 0 unspecified atom stereocenters. The fourth-order valence-electron chi connectivity index (χ4n) is 2.13. The van der Waals surface area contributed by atoms with Gasteiger partial charge in [-0.1, -0.05) is 24.3 Å². The fourth-order valence-corrected chi connectivity index (χ4v) is 2.13. The lowest BCUT2D eigenvalue weighted by molar-refractivity contribution is -0.385. The second-order valence-corrected chi connectivity index (χ2v) is 4.91. The summed E-state index contributed by atoms with van der Waals surface area (Å²) >= 11 is 0. The third kappa shape index (κ3) is 4.03. The molecule has 0 aliphatic carbocycles. The number of aliphatic hydroxyl groups excluding tert-OH is 1. The molecule has 5 heteroatoms. The minimum absolute atomic E-state index is 0.0562. The van der Waals surface area contributed by atoms with Crippen LogP contribution in [0.4, 0.5) is 11.4 Å². The maximum Gasteiger partial charge on any atom is 0.272 e. The third-order valence-electron chi connectivity index (χ3n) is 3.34. The monoisotopic (exact) mass is 286 g/mol. The molecular formula is C16H18N2O3. The van der Waals surface area contributed by atoms with Crippen LogP contribution < -0.4 is 5.32 Å². The smallest absolute Gasteiger partial charge is 0.272 e. The molecule has 0 atom stereocenters. The number of nitrogens with zero attached hydrogens (tertiary/aromatic N) is 1. The number of benzene rings is 2. The van der Waals surface area contributed by atoms with Crippen molar-refractivity contribution in [2.24, 2.45) is 0 Å². The van der Waals surface area contributed by atoms with Gasteiger partial charge in [-0.05, 0) is 36.6 Å². The lowest BCUT2D eigenvalue weighted by Gasteiger charge is -2.08. The van der Waals surface area contributed by atoms with Gasteiger partial charge in [-0.3, -0.25) is 10.1 Å². The number of nitro groups is 1. The quantitative estimate of drug-likeness (QED) is 0.632. The van der Waals surface area contributed by atoms with Crippen LogP contribution in [0.25, 0.3) is 0 Å². The SMILES string of the molecule is Cc1cc(NCCc2ccc(CO)cc2)ccc1[N+](=O)[O-]. The number of aryl methyl sites for hydroxylation is 1. The highest BCUT2D eigenvalue weighted by molar-refractivity contribution is 5.53. The predicted octanol–water partition coefficient (Wildman–Crippen LogP) is 3.05.